The highest BCUT2D eigenvalue weighted by Gasteiger charge is 2.63. The van der Waals surface area contributed by atoms with Crippen molar-refractivity contribution in [2.45, 2.75) is 69.0 Å². The SMILES string of the molecule is O=C(NCc1ccccn1)C(=O)[C@@H](Cc1ccccc1)NC(=O)C12CC(CN1C(=O)C1CCC(F)(F)CC1)C2. The van der Waals surface area contributed by atoms with Crippen LogP contribution in [0.3, 0.4) is 0 Å². The summed E-state index contributed by atoms with van der Waals surface area (Å²) in [6.07, 6.45) is 2.14. The molecule has 2 N–H and O–H groups in total. The number of halogens is 2. The molecular formula is C29H32F2N4O4. The molecule has 2 saturated heterocycles. The monoisotopic (exact) mass is 538 g/mol. The number of fused-ring (bicyclic) bond motifs is 1. The third kappa shape index (κ3) is 5.69. The number of hydrogen-bond donors (Lipinski definition) is 2. The van der Waals surface area contributed by atoms with Gasteiger partial charge in [0.2, 0.25) is 23.5 Å². The van der Waals surface area contributed by atoms with Gasteiger partial charge in [0.15, 0.2) is 0 Å². The fourth-order valence-electron chi connectivity index (χ4n) is 6.06. The summed E-state index contributed by atoms with van der Waals surface area (Å²) >= 11 is 0. The zero-order valence-electron chi connectivity index (χ0n) is 21.6. The first-order chi connectivity index (χ1) is 18.7. The van der Waals surface area contributed by atoms with Crippen molar-refractivity contribution in [2.75, 3.05) is 6.54 Å². The van der Waals surface area contributed by atoms with Crippen LogP contribution in [0.1, 0.15) is 49.8 Å². The number of rotatable bonds is 9. The summed E-state index contributed by atoms with van der Waals surface area (Å²) in [7, 11) is 0. The van der Waals surface area contributed by atoms with Crippen molar-refractivity contribution in [3.63, 3.8) is 0 Å². The third-order valence-electron chi connectivity index (χ3n) is 8.25. The highest BCUT2D eigenvalue weighted by Crippen LogP contribution is 2.52. The number of amides is 3. The molecule has 1 aromatic carbocycles. The number of ketones is 1. The number of nitrogens with one attached hydrogen (secondary N) is 2. The third-order valence-corrected chi connectivity index (χ3v) is 8.25. The molecule has 2 saturated carbocycles. The van der Waals surface area contributed by atoms with Gasteiger partial charge >= 0.3 is 0 Å². The molecule has 2 aliphatic heterocycles. The summed E-state index contributed by atoms with van der Waals surface area (Å²) in [5.41, 5.74) is 0.240. The van der Waals surface area contributed by atoms with Crippen LogP contribution < -0.4 is 10.6 Å². The lowest BCUT2D eigenvalue weighted by molar-refractivity contribution is -0.152. The second kappa shape index (κ2) is 10.8. The van der Waals surface area contributed by atoms with Crippen molar-refractivity contribution in [2.24, 2.45) is 11.8 Å². The minimum absolute atomic E-state index is 0.0613. The van der Waals surface area contributed by atoms with Crippen LogP contribution in [-0.4, -0.2) is 57.4 Å². The highest BCUT2D eigenvalue weighted by molar-refractivity contribution is 6.38. The van der Waals surface area contributed by atoms with Crippen LogP contribution in [-0.2, 0) is 32.1 Å². The van der Waals surface area contributed by atoms with Crippen LogP contribution in [0.15, 0.2) is 54.7 Å². The normalized spacial score (nSPS) is 24.4. The molecule has 4 fully saturated rings. The van der Waals surface area contributed by atoms with Crippen LogP contribution in [0.2, 0.25) is 0 Å². The van der Waals surface area contributed by atoms with Crippen LogP contribution in [0.5, 0.6) is 0 Å². The average molecular weight is 539 g/mol. The maximum atomic E-state index is 13.7. The van der Waals surface area contributed by atoms with Gasteiger partial charge in [0.1, 0.15) is 11.6 Å². The summed E-state index contributed by atoms with van der Waals surface area (Å²) in [5.74, 6) is -5.49. The summed E-state index contributed by atoms with van der Waals surface area (Å²) in [5, 5.41) is 5.36. The van der Waals surface area contributed by atoms with E-state index in [9.17, 15) is 28.0 Å². The molecule has 8 nitrogen and oxygen atoms in total. The molecule has 0 unspecified atom stereocenters. The van der Waals surface area contributed by atoms with Crippen LogP contribution in [0, 0.1) is 11.8 Å². The quantitative estimate of drug-likeness (QED) is 0.478. The molecule has 39 heavy (non-hydrogen) atoms. The number of Topliss-reactive ketones (excluding diaryl/α,β-unsaturated/α-hetero) is 1. The topological polar surface area (TPSA) is 108 Å². The van der Waals surface area contributed by atoms with E-state index in [-0.39, 0.29) is 50.5 Å². The Hall–Kier alpha value is -3.69. The number of carbonyl (C=O) groups excluding carboxylic acids is 4. The van der Waals surface area contributed by atoms with Gasteiger partial charge in [0.25, 0.3) is 5.91 Å². The maximum Gasteiger partial charge on any atom is 0.289 e. The highest BCUT2D eigenvalue weighted by atomic mass is 19.3. The van der Waals surface area contributed by atoms with Gasteiger partial charge in [0.05, 0.1) is 12.2 Å². The van der Waals surface area contributed by atoms with E-state index >= 15 is 0 Å². The second-order valence-electron chi connectivity index (χ2n) is 11.0. The van der Waals surface area contributed by atoms with Crippen molar-refractivity contribution in [3.8, 4) is 0 Å². The molecule has 3 heterocycles. The smallest absolute Gasteiger partial charge is 0.289 e. The van der Waals surface area contributed by atoms with E-state index in [0.717, 1.165) is 5.56 Å². The molecular weight excluding hydrogens is 506 g/mol. The molecule has 10 heteroatoms. The molecule has 6 rings (SSSR count). The van der Waals surface area contributed by atoms with Gasteiger partial charge in [-0.3, -0.25) is 24.2 Å². The van der Waals surface area contributed by atoms with Crippen molar-refractivity contribution >= 4 is 23.5 Å². The van der Waals surface area contributed by atoms with Gasteiger partial charge in [-0.15, -0.1) is 0 Å². The lowest BCUT2D eigenvalue weighted by Crippen LogP contribution is -2.63. The van der Waals surface area contributed by atoms with Crippen molar-refractivity contribution in [1.82, 2.24) is 20.5 Å². The Morgan fingerprint density at radius 3 is 2.36 bits per heavy atom. The van der Waals surface area contributed by atoms with Crippen molar-refractivity contribution in [3.05, 3.63) is 66.0 Å². The van der Waals surface area contributed by atoms with E-state index in [1.165, 1.54) is 0 Å². The molecule has 206 valence electrons. The van der Waals surface area contributed by atoms with E-state index in [4.69, 9.17) is 0 Å². The van der Waals surface area contributed by atoms with Crippen molar-refractivity contribution < 1.29 is 28.0 Å². The zero-order valence-corrected chi connectivity index (χ0v) is 21.6. The summed E-state index contributed by atoms with van der Waals surface area (Å²) in [4.78, 5) is 58.8. The fourth-order valence-corrected chi connectivity index (χ4v) is 6.06. The summed E-state index contributed by atoms with van der Waals surface area (Å²) in [6, 6.07) is 13.2. The predicted molar refractivity (Wildman–Crippen MR) is 137 cm³/mol. The number of aromatic nitrogens is 1. The molecule has 2 aliphatic carbocycles. The lowest BCUT2D eigenvalue weighted by atomic mass is 9.72. The van der Waals surface area contributed by atoms with Crippen molar-refractivity contribution in [1.29, 1.82) is 0 Å². The largest absolute Gasteiger partial charge is 0.344 e. The van der Waals surface area contributed by atoms with Gasteiger partial charge in [-0.2, -0.15) is 0 Å². The molecule has 1 atom stereocenters. The van der Waals surface area contributed by atoms with Gasteiger partial charge in [-0.1, -0.05) is 36.4 Å². The fraction of sp³-hybridized carbons (Fsp3) is 0.483. The Bertz CT molecular complexity index is 1220. The van der Waals surface area contributed by atoms with E-state index in [0.29, 0.717) is 25.1 Å². The Balaban J connectivity index is 1.29. The standard InChI is InChI=1S/C29H32F2N4O4/c30-29(31)11-9-21(10-12-29)26(38)35-18-20-15-28(35,16-20)27(39)34-23(14-19-6-2-1-3-7-19)24(36)25(37)33-17-22-8-4-5-13-32-22/h1-8,13,20-21,23H,9-12,14-18H2,(H,33,37)(H,34,39)/t20?,23-,28?/m1/s1. The van der Waals surface area contributed by atoms with Crippen LogP contribution in [0.4, 0.5) is 8.78 Å². The average Bonchev–Trinajstić information content (AvgIpc) is 3.49. The van der Waals surface area contributed by atoms with Crippen LogP contribution >= 0.6 is 0 Å². The molecule has 0 spiro atoms. The molecule has 0 radical (unpaired) electrons. The Kier molecular flexibility index (Phi) is 7.46. The maximum absolute atomic E-state index is 13.7. The van der Waals surface area contributed by atoms with Gasteiger partial charge < -0.3 is 15.5 Å². The number of alkyl halides is 2. The molecule has 4 aliphatic rings. The molecule has 2 aromatic rings. The lowest BCUT2D eigenvalue weighted by Gasteiger charge is -2.42. The number of carbonyl (C=O) groups is 4. The van der Waals surface area contributed by atoms with Gasteiger partial charge in [0, 0.05) is 37.9 Å². The summed E-state index contributed by atoms with van der Waals surface area (Å²) < 4.78 is 27.3. The molecule has 3 amide bonds. The minimum atomic E-state index is -2.75. The number of nitrogens with zero attached hydrogens (tertiary/aromatic N) is 2. The Labute approximate surface area is 225 Å². The van der Waals surface area contributed by atoms with Gasteiger partial charge in [-0.05, 0) is 49.3 Å². The Morgan fingerprint density at radius 1 is 1.00 bits per heavy atom. The first-order valence-electron chi connectivity index (χ1n) is 13.4. The minimum Gasteiger partial charge on any atom is -0.344 e. The number of benzene rings is 1. The van der Waals surface area contributed by atoms with E-state index < -0.39 is 41.0 Å². The Morgan fingerprint density at radius 2 is 1.69 bits per heavy atom. The first kappa shape index (κ1) is 26.9. The van der Waals surface area contributed by atoms with Crippen LogP contribution in [0.25, 0.3) is 0 Å². The molecule has 1 aromatic heterocycles. The van der Waals surface area contributed by atoms with E-state index in [1.54, 1.807) is 53.6 Å². The first-order valence-corrected chi connectivity index (χ1v) is 13.4. The summed E-state index contributed by atoms with van der Waals surface area (Å²) in [6.45, 7) is 0.465. The second-order valence-corrected chi connectivity index (χ2v) is 11.0. The predicted octanol–water partition coefficient (Wildman–Crippen LogP) is 2.81. The van der Waals surface area contributed by atoms with E-state index in [2.05, 4.69) is 15.6 Å². The number of pyridine rings is 1. The molecule has 2 bridgehead atoms. The van der Waals surface area contributed by atoms with E-state index in [1.807, 2.05) is 6.07 Å². The zero-order chi connectivity index (χ0) is 27.6. The number of hydrogen-bond acceptors (Lipinski definition) is 5. The van der Waals surface area contributed by atoms with Gasteiger partial charge in [-0.25, -0.2) is 8.78 Å².